The second-order valence-electron chi connectivity index (χ2n) is 9.49. The van der Waals surface area contributed by atoms with Gasteiger partial charge in [-0.1, -0.05) is 49.4 Å². The number of nitrogens with zero attached hydrogens (tertiary/aromatic N) is 1. The highest BCUT2D eigenvalue weighted by Gasteiger charge is 2.66. The molecule has 2 aliphatic heterocycles. The Hall–Kier alpha value is -1.92. The Morgan fingerprint density at radius 3 is 2.07 bits per heavy atom. The minimum atomic E-state index is -0.724. The zero-order valence-corrected chi connectivity index (χ0v) is 17.4. The summed E-state index contributed by atoms with van der Waals surface area (Å²) in [6.45, 7) is 9.98. The third-order valence-corrected chi connectivity index (χ3v) is 7.24. The second-order valence-corrected chi connectivity index (χ2v) is 9.49. The van der Waals surface area contributed by atoms with Crippen LogP contribution in [0.2, 0.25) is 5.31 Å². The van der Waals surface area contributed by atoms with Crippen LogP contribution in [0.3, 0.4) is 0 Å². The third kappa shape index (κ3) is 2.54. The van der Waals surface area contributed by atoms with Crippen LogP contribution in [-0.4, -0.2) is 42.1 Å². The molecule has 0 unspecified atom stereocenters. The highest BCUT2D eigenvalue weighted by molar-refractivity contribution is 6.51. The molecule has 3 aliphatic rings. The van der Waals surface area contributed by atoms with Crippen LogP contribution in [0.4, 0.5) is 0 Å². The topological polar surface area (TPSA) is 55.8 Å². The fraction of sp³-hybridized carbons (Fsp3) is 0.545. The third-order valence-electron chi connectivity index (χ3n) is 7.24. The first-order chi connectivity index (χ1) is 13.0. The Kier molecular flexibility index (Phi) is 4.19. The van der Waals surface area contributed by atoms with Crippen LogP contribution >= 0.6 is 0 Å². The number of carbonyl (C=O) groups excluding carboxylic acids is 2. The molecule has 1 aliphatic carbocycles. The van der Waals surface area contributed by atoms with Crippen LogP contribution in [0.15, 0.2) is 42.5 Å². The van der Waals surface area contributed by atoms with Crippen molar-refractivity contribution in [1.29, 1.82) is 0 Å². The van der Waals surface area contributed by atoms with E-state index in [-0.39, 0.29) is 17.7 Å². The van der Waals surface area contributed by atoms with E-state index in [4.69, 9.17) is 9.31 Å². The van der Waals surface area contributed by atoms with Crippen molar-refractivity contribution < 1.29 is 18.9 Å². The maximum Gasteiger partial charge on any atom is 0.469 e. The van der Waals surface area contributed by atoms with Gasteiger partial charge in [-0.15, -0.1) is 0 Å². The van der Waals surface area contributed by atoms with Crippen LogP contribution in [0.1, 0.15) is 46.1 Å². The summed E-state index contributed by atoms with van der Waals surface area (Å²) < 4.78 is 12.6. The fourth-order valence-electron chi connectivity index (χ4n) is 4.70. The molecule has 148 valence electrons. The molecule has 1 aromatic carbocycles. The summed E-state index contributed by atoms with van der Waals surface area (Å²) >= 11 is 0. The maximum atomic E-state index is 13.2. The number of carbonyl (C=O) groups is 2. The molecule has 0 saturated carbocycles. The zero-order chi connectivity index (χ0) is 20.5. The molecule has 4 atom stereocenters. The van der Waals surface area contributed by atoms with Crippen molar-refractivity contribution in [3.63, 3.8) is 0 Å². The normalized spacial score (nSPS) is 36.1. The number of likely N-dealkylation sites (tertiary alicyclic amines) is 1. The van der Waals surface area contributed by atoms with E-state index < -0.39 is 35.5 Å². The standard InChI is InChI=1S/C22H28BNO4/c1-20(2)21(3,4)28-23(27-20)22(5)13-12-15(14-10-8-7-9-11-14)16-17(22)19(26)24(6)18(16)25/h7-13,15-17H,1-6H3/t15-,16+,17-,22+/m0/s1. The van der Waals surface area contributed by atoms with E-state index in [2.05, 4.69) is 6.08 Å². The monoisotopic (exact) mass is 381 g/mol. The largest absolute Gasteiger partial charge is 0.469 e. The Morgan fingerprint density at radius 1 is 0.929 bits per heavy atom. The van der Waals surface area contributed by atoms with Gasteiger partial charge >= 0.3 is 7.12 Å². The summed E-state index contributed by atoms with van der Waals surface area (Å²) in [5.74, 6) is -1.39. The number of benzene rings is 1. The highest BCUT2D eigenvalue weighted by atomic mass is 16.7. The summed E-state index contributed by atoms with van der Waals surface area (Å²) in [6.07, 6.45) is 4.10. The number of allylic oxidation sites excluding steroid dienone is 2. The van der Waals surface area contributed by atoms with Gasteiger partial charge in [0.2, 0.25) is 11.8 Å². The van der Waals surface area contributed by atoms with Crippen molar-refractivity contribution in [2.45, 2.75) is 57.1 Å². The number of rotatable bonds is 2. The molecular weight excluding hydrogens is 353 g/mol. The van der Waals surface area contributed by atoms with Crippen LogP contribution in [0.5, 0.6) is 0 Å². The van der Waals surface area contributed by atoms with Crippen LogP contribution in [-0.2, 0) is 18.9 Å². The second kappa shape index (κ2) is 6.04. The van der Waals surface area contributed by atoms with Gasteiger partial charge in [0.25, 0.3) is 0 Å². The molecule has 28 heavy (non-hydrogen) atoms. The number of fused-ring (bicyclic) bond motifs is 1. The van der Waals surface area contributed by atoms with Gasteiger partial charge in [-0.05, 0) is 33.3 Å². The molecule has 0 N–H and O–H groups in total. The fourth-order valence-corrected chi connectivity index (χ4v) is 4.70. The molecule has 0 bridgehead atoms. The van der Waals surface area contributed by atoms with Gasteiger partial charge in [-0.2, -0.15) is 0 Å². The predicted molar refractivity (Wildman–Crippen MR) is 108 cm³/mol. The van der Waals surface area contributed by atoms with Gasteiger partial charge in [-0.25, -0.2) is 0 Å². The van der Waals surface area contributed by atoms with E-state index in [0.29, 0.717) is 0 Å². The molecule has 2 heterocycles. The first kappa shape index (κ1) is 19.4. The van der Waals surface area contributed by atoms with Crippen LogP contribution in [0, 0.1) is 11.8 Å². The smallest absolute Gasteiger partial charge is 0.403 e. The summed E-state index contributed by atoms with van der Waals surface area (Å²) in [4.78, 5) is 27.5. The van der Waals surface area contributed by atoms with Crippen molar-refractivity contribution in [2.24, 2.45) is 11.8 Å². The van der Waals surface area contributed by atoms with Crippen molar-refractivity contribution in [3.8, 4) is 0 Å². The number of amides is 2. The first-order valence-electron chi connectivity index (χ1n) is 9.91. The molecule has 2 fully saturated rings. The Bertz CT molecular complexity index is 833. The molecule has 0 aromatic heterocycles. The highest BCUT2D eigenvalue weighted by Crippen LogP contribution is 2.59. The average Bonchev–Trinajstić information content (AvgIpc) is 3.01. The van der Waals surface area contributed by atoms with E-state index in [1.165, 1.54) is 4.90 Å². The quantitative estimate of drug-likeness (QED) is 0.448. The van der Waals surface area contributed by atoms with E-state index in [1.807, 2.05) is 71.0 Å². The Morgan fingerprint density at radius 2 is 1.50 bits per heavy atom. The minimum absolute atomic E-state index is 0.129. The molecule has 6 heteroatoms. The molecule has 0 spiro atoms. The number of hydrogen-bond donors (Lipinski definition) is 0. The van der Waals surface area contributed by atoms with Gasteiger partial charge < -0.3 is 9.31 Å². The summed E-state index contributed by atoms with van der Waals surface area (Å²) in [7, 11) is 0.983. The van der Waals surface area contributed by atoms with Crippen molar-refractivity contribution in [1.82, 2.24) is 4.90 Å². The molecule has 1 aromatic rings. The molecule has 5 nitrogen and oxygen atoms in total. The zero-order valence-electron chi connectivity index (χ0n) is 17.4. The lowest BCUT2D eigenvalue weighted by molar-refractivity contribution is -0.138. The van der Waals surface area contributed by atoms with Crippen molar-refractivity contribution in [3.05, 3.63) is 48.0 Å². The molecule has 4 rings (SSSR count). The number of imide groups is 1. The lowest BCUT2D eigenvalue weighted by Gasteiger charge is -2.41. The Labute approximate surface area is 167 Å². The predicted octanol–water partition coefficient (Wildman–Crippen LogP) is 3.42. The van der Waals surface area contributed by atoms with Crippen LogP contribution < -0.4 is 0 Å². The average molecular weight is 381 g/mol. The molecule has 2 amide bonds. The Balaban J connectivity index is 1.80. The van der Waals surface area contributed by atoms with Gasteiger partial charge in [0.1, 0.15) is 0 Å². The van der Waals surface area contributed by atoms with Gasteiger partial charge in [-0.3, -0.25) is 14.5 Å². The van der Waals surface area contributed by atoms with E-state index in [9.17, 15) is 9.59 Å². The van der Waals surface area contributed by atoms with E-state index in [1.54, 1.807) is 7.05 Å². The van der Waals surface area contributed by atoms with Crippen molar-refractivity contribution >= 4 is 18.9 Å². The molecule has 2 saturated heterocycles. The molecule has 0 radical (unpaired) electrons. The lowest BCUT2D eigenvalue weighted by atomic mass is 9.46. The van der Waals surface area contributed by atoms with E-state index in [0.717, 1.165) is 5.56 Å². The van der Waals surface area contributed by atoms with Crippen LogP contribution in [0.25, 0.3) is 0 Å². The van der Waals surface area contributed by atoms with Crippen molar-refractivity contribution in [2.75, 3.05) is 7.05 Å². The van der Waals surface area contributed by atoms with E-state index >= 15 is 0 Å². The summed E-state index contributed by atoms with van der Waals surface area (Å²) in [5.41, 5.74) is 0.0385. The van der Waals surface area contributed by atoms with Gasteiger partial charge in [0, 0.05) is 18.3 Å². The minimum Gasteiger partial charge on any atom is -0.403 e. The maximum absolute atomic E-state index is 13.2. The van der Waals surface area contributed by atoms with Gasteiger partial charge in [0.15, 0.2) is 0 Å². The lowest BCUT2D eigenvalue weighted by Crippen LogP contribution is -2.46. The molecular formula is C22H28BNO4. The number of hydrogen-bond acceptors (Lipinski definition) is 4. The summed E-state index contributed by atoms with van der Waals surface area (Å²) in [5, 5.41) is -0.724. The summed E-state index contributed by atoms with van der Waals surface area (Å²) in [6, 6.07) is 9.91. The SMILES string of the molecule is CN1C(=O)[C@H]2[C@@H](C1=O)[C@](C)(B1OC(C)(C)C(C)(C)O1)C=C[C@H]2c1ccccc1. The first-order valence-corrected chi connectivity index (χ1v) is 9.91. The van der Waals surface area contributed by atoms with Gasteiger partial charge in [0.05, 0.1) is 23.0 Å².